The van der Waals surface area contributed by atoms with Crippen molar-refractivity contribution in [2.75, 3.05) is 24.3 Å². The predicted octanol–water partition coefficient (Wildman–Crippen LogP) is 3.15. The first-order valence-corrected chi connectivity index (χ1v) is 9.94. The Balaban J connectivity index is 1.52. The van der Waals surface area contributed by atoms with Gasteiger partial charge in [0, 0.05) is 35.2 Å². The van der Waals surface area contributed by atoms with Crippen LogP contribution in [0.3, 0.4) is 0 Å². The van der Waals surface area contributed by atoms with Gasteiger partial charge in [0.2, 0.25) is 0 Å². The van der Waals surface area contributed by atoms with Gasteiger partial charge in [-0.1, -0.05) is 30.3 Å². The number of carbonyl (C=O) groups is 2. The van der Waals surface area contributed by atoms with Crippen molar-refractivity contribution in [3.05, 3.63) is 82.0 Å². The van der Waals surface area contributed by atoms with E-state index in [9.17, 15) is 14.7 Å². The Kier molecular flexibility index (Phi) is 6.64. The SMILES string of the molecule is CN(C)c1ccc(NC(=O)C(=O)NCc2ccc([C@H](O)c3ccccc3)s2)cc1. The van der Waals surface area contributed by atoms with E-state index in [0.29, 0.717) is 5.69 Å². The van der Waals surface area contributed by atoms with Gasteiger partial charge >= 0.3 is 11.8 Å². The largest absolute Gasteiger partial charge is 0.383 e. The van der Waals surface area contributed by atoms with Gasteiger partial charge in [0.05, 0.1) is 6.54 Å². The van der Waals surface area contributed by atoms with Crippen molar-refractivity contribution in [3.63, 3.8) is 0 Å². The predicted molar refractivity (Wildman–Crippen MR) is 116 cm³/mol. The number of carbonyl (C=O) groups excluding carboxylic acids is 2. The summed E-state index contributed by atoms with van der Waals surface area (Å²) in [5.41, 5.74) is 2.36. The highest BCUT2D eigenvalue weighted by Crippen LogP contribution is 2.28. The third kappa shape index (κ3) is 5.43. The molecule has 1 aromatic heterocycles. The van der Waals surface area contributed by atoms with Crippen LogP contribution in [0.4, 0.5) is 11.4 Å². The Hall–Kier alpha value is -3.16. The lowest BCUT2D eigenvalue weighted by Gasteiger charge is -2.13. The fourth-order valence-electron chi connectivity index (χ4n) is 2.71. The smallest absolute Gasteiger partial charge is 0.313 e. The molecule has 7 heteroatoms. The maximum atomic E-state index is 12.1. The van der Waals surface area contributed by atoms with Crippen LogP contribution in [-0.2, 0) is 16.1 Å². The summed E-state index contributed by atoms with van der Waals surface area (Å²) in [4.78, 5) is 27.7. The Labute approximate surface area is 173 Å². The summed E-state index contributed by atoms with van der Waals surface area (Å²) in [6, 6.07) is 20.3. The molecule has 2 amide bonds. The molecule has 2 aromatic carbocycles. The number of benzene rings is 2. The minimum Gasteiger partial charge on any atom is -0.383 e. The fraction of sp³-hybridized carbons (Fsp3) is 0.182. The van der Waals surface area contributed by atoms with Crippen LogP contribution in [0.25, 0.3) is 0 Å². The zero-order chi connectivity index (χ0) is 20.8. The standard InChI is InChI=1S/C22H23N3O3S/c1-25(2)17-10-8-16(9-11-17)24-22(28)21(27)23-14-18-12-13-19(29-18)20(26)15-6-4-3-5-7-15/h3-13,20,26H,14H2,1-2H3,(H,23,27)(H,24,28)/t20-/m1/s1. The first-order chi connectivity index (χ1) is 13.9. The van der Waals surface area contributed by atoms with E-state index >= 15 is 0 Å². The van der Waals surface area contributed by atoms with Gasteiger partial charge in [-0.25, -0.2) is 0 Å². The summed E-state index contributed by atoms with van der Waals surface area (Å²) in [5.74, 6) is -1.43. The molecule has 0 bridgehead atoms. The summed E-state index contributed by atoms with van der Waals surface area (Å²) < 4.78 is 0. The fourth-order valence-corrected chi connectivity index (χ4v) is 3.68. The summed E-state index contributed by atoms with van der Waals surface area (Å²) in [6.45, 7) is 0.220. The minimum atomic E-state index is -0.719. The molecule has 150 valence electrons. The Morgan fingerprint density at radius 2 is 1.66 bits per heavy atom. The van der Waals surface area contributed by atoms with Crippen molar-refractivity contribution in [1.82, 2.24) is 5.32 Å². The molecule has 0 fully saturated rings. The molecule has 0 aliphatic heterocycles. The highest BCUT2D eigenvalue weighted by molar-refractivity contribution is 7.12. The van der Waals surface area contributed by atoms with E-state index in [4.69, 9.17) is 0 Å². The van der Waals surface area contributed by atoms with E-state index in [0.717, 1.165) is 21.0 Å². The van der Waals surface area contributed by atoms with E-state index < -0.39 is 17.9 Å². The van der Waals surface area contributed by atoms with Gasteiger partial charge in [0.1, 0.15) is 6.10 Å². The number of aliphatic hydroxyl groups is 1. The summed E-state index contributed by atoms with van der Waals surface area (Å²) in [5, 5.41) is 15.6. The third-order valence-corrected chi connectivity index (χ3v) is 5.48. The van der Waals surface area contributed by atoms with Crippen molar-refractivity contribution >= 4 is 34.5 Å². The molecule has 0 radical (unpaired) electrons. The maximum Gasteiger partial charge on any atom is 0.313 e. The second-order valence-electron chi connectivity index (χ2n) is 6.70. The molecule has 6 nitrogen and oxygen atoms in total. The zero-order valence-electron chi connectivity index (χ0n) is 16.3. The number of rotatable bonds is 6. The van der Waals surface area contributed by atoms with E-state index in [2.05, 4.69) is 10.6 Å². The van der Waals surface area contributed by atoms with Crippen LogP contribution in [0, 0.1) is 0 Å². The average Bonchev–Trinajstić information content (AvgIpc) is 3.21. The molecule has 1 atom stereocenters. The minimum absolute atomic E-state index is 0.220. The highest BCUT2D eigenvalue weighted by Gasteiger charge is 2.16. The van der Waals surface area contributed by atoms with E-state index in [1.54, 1.807) is 12.1 Å². The van der Waals surface area contributed by atoms with Gasteiger partial charge in [-0.3, -0.25) is 9.59 Å². The van der Waals surface area contributed by atoms with Crippen molar-refractivity contribution in [3.8, 4) is 0 Å². The normalized spacial score (nSPS) is 11.6. The molecule has 0 aliphatic carbocycles. The molecule has 29 heavy (non-hydrogen) atoms. The van der Waals surface area contributed by atoms with Gasteiger partial charge in [0.25, 0.3) is 0 Å². The number of amides is 2. The molecule has 0 aliphatic rings. The van der Waals surface area contributed by atoms with Gasteiger partial charge in [-0.05, 0) is 42.0 Å². The van der Waals surface area contributed by atoms with Crippen LogP contribution >= 0.6 is 11.3 Å². The number of anilines is 2. The molecule has 0 spiro atoms. The molecular formula is C22H23N3O3S. The Morgan fingerprint density at radius 1 is 0.966 bits per heavy atom. The Morgan fingerprint density at radius 3 is 2.31 bits per heavy atom. The van der Waals surface area contributed by atoms with E-state index in [1.165, 1.54) is 11.3 Å². The van der Waals surface area contributed by atoms with Gasteiger partial charge in [-0.2, -0.15) is 0 Å². The van der Waals surface area contributed by atoms with Crippen LogP contribution in [0.5, 0.6) is 0 Å². The van der Waals surface area contributed by atoms with Crippen LogP contribution in [-0.4, -0.2) is 31.0 Å². The van der Waals surface area contributed by atoms with Gasteiger partial charge in [0.15, 0.2) is 0 Å². The molecule has 0 saturated carbocycles. The summed E-state index contributed by atoms with van der Waals surface area (Å²) in [7, 11) is 3.85. The molecule has 3 aromatic rings. The van der Waals surface area contributed by atoms with Crippen molar-refractivity contribution in [1.29, 1.82) is 0 Å². The zero-order valence-corrected chi connectivity index (χ0v) is 17.1. The monoisotopic (exact) mass is 409 g/mol. The van der Waals surface area contributed by atoms with Gasteiger partial charge < -0.3 is 20.6 Å². The van der Waals surface area contributed by atoms with Crippen molar-refractivity contribution in [2.24, 2.45) is 0 Å². The van der Waals surface area contributed by atoms with Gasteiger partial charge in [-0.15, -0.1) is 11.3 Å². The number of aliphatic hydroxyl groups excluding tert-OH is 1. The van der Waals surface area contributed by atoms with E-state index in [-0.39, 0.29) is 6.54 Å². The first-order valence-electron chi connectivity index (χ1n) is 9.12. The van der Waals surface area contributed by atoms with Crippen molar-refractivity contribution < 1.29 is 14.7 Å². The van der Waals surface area contributed by atoms with Crippen LogP contribution in [0.15, 0.2) is 66.7 Å². The Bertz CT molecular complexity index is 968. The third-order valence-electron chi connectivity index (χ3n) is 4.34. The summed E-state index contributed by atoms with van der Waals surface area (Å²) in [6.07, 6.45) is -0.709. The van der Waals surface area contributed by atoms with Crippen LogP contribution < -0.4 is 15.5 Å². The number of thiophene rings is 1. The number of nitrogens with zero attached hydrogens (tertiary/aromatic N) is 1. The second kappa shape index (κ2) is 9.36. The van der Waals surface area contributed by atoms with Crippen LogP contribution in [0.1, 0.15) is 21.4 Å². The maximum absolute atomic E-state index is 12.1. The number of hydrogen-bond acceptors (Lipinski definition) is 5. The molecule has 1 heterocycles. The summed E-state index contributed by atoms with van der Waals surface area (Å²) >= 11 is 1.40. The highest BCUT2D eigenvalue weighted by atomic mass is 32.1. The molecule has 0 unspecified atom stereocenters. The lowest BCUT2D eigenvalue weighted by Crippen LogP contribution is -2.34. The quantitative estimate of drug-likeness (QED) is 0.546. The average molecular weight is 410 g/mol. The number of nitrogens with one attached hydrogen (secondary N) is 2. The molecule has 3 N–H and O–H groups in total. The first kappa shape index (κ1) is 20.6. The van der Waals surface area contributed by atoms with E-state index in [1.807, 2.05) is 73.6 Å². The topological polar surface area (TPSA) is 81.7 Å². The second-order valence-corrected chi connectivity index (χ2v) is 7.90. The van der Waals surface area contributed by atoms with Crippen LogP contribution in [0.2, 0.25) is 0 Å². The molecular weight excluding hydrogens is 386 g/mol. The van der Waals surface area contributed by atoms with Crippen molar-refractivity contribution in [2.45, 2.75) is 12.6 Å². The number of hydrogen-bond donors (Lipinski definition) is 3. The molecule has 3 rings (SSSR count). The lowest BCUT2D eigenvalue weighted by molar-refractivity contribution is -0.136. The lowest BCUT2D eigenvalue weighted by atomic mass is 10.1. The molecule has 0 saturated heterocycles.